The van der Waals surface area contributed by atoms with Gasteiger partial charge in [0.2, 0.25) is 0 Å². The standard InChI is InChI=1S/C15H25N3O2S/c1-5-12(13-16-11(3)9-21-13)17-14(19)18-7-8-20-15(4,6-2)10-18/h9,12H,5-8,10H2,1-4H3,(H,17,19). The van der Waals surface area contributed by atoms with Crippen LogP contribution in [0.4, 0.5) is 4.79 Å². The lowest BCUT2D eigenvalue weighted by Gasteiger charge is -2.40. The quantitative estimate of drug-likeness (QED) is 0.929. The molecule has 2 atom stereocenters. The molecule has 1 aliphatic rings. The molecule has 2 amide bonds. The van der Waals surface area contributed by atoms with Gasteiger partial charge in [-0.25, -0.2) is 9.78 Å². The predicted molar refractivity (Wildman–Crippen MR) is 84.6 cm³/mol. The average Bonchev–Trinajstić information content (AvgIpc) is 2.91. The van der Waals surface area contributed by atoms with Crippen LogP contribution in [0.5, 0.6) is 0 Å². The first-order chi connectivity index (χ1) is 9.97. The van der Waals surface area contributed by atoms with E-state index >= 15 is 0 Å². The average molecular weight is 311 g/mol. The van der Waals surface area contributed by atoms with Gasteiger partial charge in [-0.05, 0) is 26.7 Å². The van der Waals surface area contributed by atoms with E-state index in [4.69, 9.17) is 4.74 Å². The number of hydrogen-bond acceptors (Lipinski definition) is 4. The van der Waals surface area contributed by atoms with Crippen molar-refractivity contribution in [3.8, 4) is 0 Å². The molecule has 0 saturated carbocycles. The zero-order chi connectivity index (χ0) is 15.5. The molecule has 1 N–H and O–H groups in total. The van der Waals surface area contributed by atoms with Gasteiger partial charge < -0.3 is 15.0 Å². The van der Waals surface area contributed by atoms with Crippen LogP contribution in [0, 0.1) is 6.92 Å². The molecule has 0 spiro atoms. The van der Waals surface area contributed by atoms with Gasteiger partial charge in [0.05, 0.1) is 24.8 Å². The summed E-state index contributed by atoms with van der Waals surface area (Å²) in [5.41, 5.74) is 0.780. The molecule has 0 aromatic carbocycles. The number of aryl methyl sites for hydroxylation is 1. The number of hydrogen-bond donors (Lipinski definition) is 1. The van der Waals surface area contributed by atoms with Gasteiger partial charge in [-0.3, -0.25) is 0 Å². The van der Waals surface area contributed by atoms with Crippen molar-refractivity contribution in [3.63, 3.8) is 0 Å². The molecule has 118 valence electrons. The predicted octanol–water partition coefficient (Wildman–Crippen LogP) is 3.11. The Morgan fingerprint density at radius 3 is 2.95 bits per heavy atom. The van der Waals surface area contributed by atoms with Gasteiger partial charge in [-0.1, -0.05) is 13.8 Å². The van der Waals surface area contributed by atoms with E-state index < -0.39 is 0 Å². The summed E-state index contributed by atoms with van der Waals surface area (Å²) in [7, 11) is 0. The number of thiazole rings is 1. The van der Waals surface area contributed by atoms with E-state index in [9.17, 15) is 4.79 Å². The van der Waals surface area contributed by atoms with Crippen LogP contribution in [0.1, 0.15) is 50.4 Å². The molecule has 0 bridgehead atoms. The van der Waals surface area contributed by atoms with Crippen molar-refractivity contribution in [2.75, 3.05) is 19.7 Å². The largest absolute Gasteiger partial charge is 0.372 e. The summed E-state index contributed by atoms with van der Waals surface area (Å²) >= 11 is 1.61. The lowest BCUT2D eigenvalue weighted by atomic mass is 10.0. The lowest BCUT2D eigenvalue weighted by molar-refractivity contribution is -0.0874. The fourth-order valence-corrected chi connectivity index (χ4v) is 3.36. The van der Waals surface area contributed by atoms with Crippen LogP contribution in [-0.4, -0.2) is 41.2 Å². The second-order valence-corrected chi connectivity index (χ2v) is 6.70. The fourth-order valence-electron chi connectivity index (χ4n) is 2.43. The Bertz CT molecular complexity index is 491. The molecule has 0 radical (unpaired) electrons. The van der Waals surface area contributed by atoms with E-state index in [1.54, 1.807) is 11.3 Å². The highest BCUT2D eigenvalue weighted by molar-refractivity contribution is 7.09. The molecule has 2 unspecified atom stereocenters. The van der Waals surface area contributed by atoms with Crippen LogP contribution in [-0.2, 0) is 4.74 Å². The minimum atomic E-state index is -0.227. The maximum absolute atomic E-state index is 12.5. The Hall–Kier alpha value is -1.14. The van der Waals surface area contributed by atoms with Crippen LogP contribution in [0.15, 0.2) is 5.38 Å². The van der Waals surface area contributed by atoms with Crippen molar-refractivity contribution < 1.29 is 9.53 Å². The highest BCUT2D eigenvalue weighted by atomic mass is 32.1. The molecule has 6 heteroatoms. The van der Waals surface area contributed by atoms with Crippen molar-refractivity contribution in [2.24, 2.45) is 0 Å². The fraction of sp³-hybridized carbons (Fsp3) is 0.733. The number of morpholine rings is 1. The maximum Gasteiger partial charge on any atom is 0.318 e. The maximum atomic E-state index is 12.5. The Morgan fingerprint density at radius 1 is 1.62 bits per heavy atom. The van der Waals surface area contributed by atoms with Crippen LogP contribution in [0.3, 0.4) is 0 Å². The van der Waals surface area contributed by atoms with E-state index in [-0.39, 0.29) is 17.7 Å². The minimum absolute atomic E-state index is 0.00747. The Balaban J connectivity index is 1.99. The molecule has 2 heterocycles. The molecule has 5 nitrogen and oxygen atoms in total. The normalized spacial score (nSPS) is 23.9. The molecular formula is C15H25N3O2S. The zero-order valence-corrected chi connectivity index (χ0v) is 14.1. The monoisotopic (exact) mass is 311 g/mol. The van der Waals surface area contributed by atoms with Gasteiger partial charge in [0.25, 0.3) is 0 Å². The smallest absolute Gasteiger partial charge is 0.318 e. The molecule has 1 aromatic heterocycles. The van der Waals surface area contributed by atoms with E-state index in [0.717, 1.165) is 23.5 Å². The molecule has 21 heavy (non-hydrogen) atoms. The van der Waals surface area contributed by atoms with E-state index in [1.165, 1.54) is 0 Å². The van der Waals surface area contributed by atoms with Gasteiger partial charge in [0, 0.05) is 17.6 Å². The molecular weight excluding hydrogens is 286 g/mol. The van der Waals surface area contributed by atoms with Crippen molar-refractivity contribution >= 4 is 17.4 Å². The number of nitrogens with one attached hydrogen (secondary N) is 1. The summed E-state index contributed by atoms with van der Waals surface area (Å²) in [6, 6.07) is -0.0235. The third kappa shape index (κ3) is 3.95. The van der Waals surface area contributed by atoms with Gasteiger partial charge in [-0.15, -0.1) is 11.3 Å². The first-order valence-electron chi connectivity index (χ1n) is 7.59. The van der Waals surface area contributed by atoms with Crippen LogP contribution in [0.2, 0.25) is 0 Å². The third-order valence-electron chi connectivity index (χ3n) is 4.01. The minimum Gasteiger partial charge on any atom is -0.372 e. The Kier molecular flexibility index (Phi) is 5.22. The number of ether oxygens (including phenoxy) is 1. The first kappa shape index (κ1) is 16.2. The highest BCUT2D eigenvalue weighted by Crippen LogP contribution is 2.23. The second kappa shape index (κ2) is 6.75. The number of carbonyl (C=O) groups excluding carboxylic acids is 1. The van der Waals surface area contributed by atoms with E-state index in [1.807, 2.05) is 17.2 Å². The number of nitrogens with zero attached hydrogens (tertiary/aromatic N) is 2. The van der Waals surface area contributed by atoms with Crippen LogP contribution >= 0.6 is 11.3 Å². The van der Waals surface area contributed by atoms with Gasteiger partial charge in [-0.2, -0.15) is 0 Å². The number of urea groups is 1. The zero-order valence-electron chi connectivity index (χ0n) is 13.3. The number of aromatic nitrogens is 1. The summed E-state index contributed by atoms with van der Waals surface area (Å²) in [6.45, 7) is 10.1. The van der Waals surface area contributed by atoms with Crippen molar-refractivity contribution in [1.82, 2.24) is 15.2 Å². The topological polar surface area (TPSA) is 54.5 Å². The van der Waals surface area contributed by atoms with E-state index in [2.05, 4.69) is 31.1 Å². The van der Waals surface area contributed by atoms with Gasteiger partial charge in [0.1, 0.15) is 5.01 Å². The highest BCUT2D eigenvalue weighted by Gasteiger charge is 2.33. The van der Waals surface area contributed by atoms with Crippen molar-refractivity contribution in [2.45, 2.75) is 52.2 Å². The van der Waals surface area contributed by atoms with Crippen LogP contribution < -0.4 is 5.32 Å². The number of rotatable bonds is 4. The molecule has 0 aliphatic carbocycles. The van der Waals surface area contributed by atoms with Gasteiger partial charge >= 0.3 is 6.03 Å². The van der Waals surface area contributed by atoms with Gasteiger partial charge in [0.15, 0.2) is 0 Å². The van der Waals surface area contributed by atoms with Crippen molar-refractivity contribution in [3.05, 3.63) is 16.1 Å². The van der Waals surface area contributed by atoms with E-state index in [0.29, 0.717) is 19.7 Å². The third-order valence-corrected chi connectivity index (χ3v) is 5.09. The van der Waals surface area contributed by atoms with Crippen LogP contribution in [0.25, 0.3) is 0 Å². The second-order valence-electron chi connectivity index (χ2n) is 5.81. The first-order valence-corrected chi connectivity index (χ1v) is 8.47. The molecule has 1 aliphatic heterocycles. The molecule has 1 saturated heterocycles. The SMILES string of the molecule is CCC(NC(=O)N1CCOC(C)(CC)C1)c1nc(C)cs1. The Morgan fingerprint density at radius 2 is 2.38 bits per heavy atom. The summed E-state index contributed by atoms with van der Waals surface area (Å²) in [4.78, 5) is 18.8. The summed E-state index contributed by atoms with van der Waals surface area (Å²) in [5.74, 6) is 0. The molecule has 1 aromatic rings. The number of carbonyl (C=O) groups is 1. The molecule has 1 fully saturated rings. The van der Waals surface area contributed by atoms with Crippen molar-refractivity contribution in [1.29, 1.82) is 0 Å². The summed E-state index contributed by atoms with van der Waals surface area (Å²) in [6.07, 6.45) is 1.74. The lowest BCUT2D eigenvalue weighted by Crippen LogP contribution is -2.54. The molecule has 2 rings (SSSR count). The Labute approximate surface area is 130 Å². The number of amides is 2. The summed E-state index contributed by atoms with van der Waals surface area (Å²) < 4.78 is 5.78. The summed E-state index contributed by atoms with van der Waals surface area (Å²) in [5, 5.41) is 6.11.